The highest BCUT2D eigenvalue weighted by atomic mass is 32.1. The number of carbonyl (C=O) groups is 1. The van der Waals surface area contributed by atoms with E-state index in [0.29, 0.717) is 12.0 Å². The average Bonchev–Trinajstić information content (AvgIpc) is 3.09. The Labute approximate surface area is 118 Å². The minimum Gasteiger partial charge on any atom is -0.352 e. The Bertz CT molecular complexity index is 414. The molecule has 0 radical (unpaired) electrons. The molecule has 1 saturated carbocycles. The van der Waals surface area contributed by atoms with Gasteiger partial charge in [-0.1, -0.05) is 12.8 Å². The smallest absolute Gasteiger partial charge is 0.220 e. The van der Waals surface area contributed by atoms with Gasteiger partial charge in [0.1, 0.15) is 0 Å². The highest BCUT2D eigenvalue weighted by molar-refractivity contribution is 7.13. The van der Waals surface area contributed by atoms with E-state index in [1.807, 2.05) is 11.6 Å². The van der Waals surface area contributed by atoms with Crippen LogP contribution in [0.2, 0.25) is 0 Å². The zero-order valence-corrected chi connectivity index (χ0v) is 12.0. The molecule has 1 amide bonds. The molecule has 1 aromatic rings. The van der Waals surface area contributed by atoms with Crippen molar-refractivity contribution in [1.82, 2.24) is 10.3 Å². The van der Waals surface area contributed by atoms with Gasteiger partial charge in [0.25, 0.3) is 0 Å². The van der Waals surface area contributed by atoms with Gasteiger partial charge in [0.15, 0.2) is 5.13 Å². The van der Waals surface area contributed by atoms with Crippen molar-refractivity contribution in [3.8, 4) is 0 Å². The van der Waals surface area contributed by atoms with Crippen molar-refractivity contribution in [2.75, 3.05) is 18.0 Å². The summed E-state index contributed by atoms with van der Waals surface area (Å²) >= 11 is 1.67. The Hall–Kier alpha value is -1.10. The zero-order chi connectivity index (χ0) is 13.1. The van der Waals surface area contributed by atoms with E-state index in [4.69, 9.17) is 0 Å². The molecule has 104 valence electrons. The SMILES string of the molecule is O=C(CC1CCCC1)N[C@H]1CCN(c2nccs2)C1. The Kier molecular flexibility index (Phi) is 4.01. The number of nitrogens with one attached hydrogen (secondary N) is 1. The maximum absolute atomic E-state index is 12.0. The summed E-state index contributed by atoms with van der Waals surface area (Å²) in [6.07, 6.45) is 8.70. The standard InChI is InChI=1S/C14H21N3OS/c18-13(9-11-3-1-2-4-11)16-12-5-7-17(10-12)14-15-6-8-19-14/h6,8,11-12H,1-5,7,9-10H2,(H,16,18)/t12-/m0/s1. The molecule has 1 saturated heterocycles. The van der Waals surface area contributed by atoms with Gasteiger partial charge in [-0.3, -0.25) is 4.79 Å². The van der Waals surface area contributed by atoms with Crippen molar-refractivity contribution in [1.29, 1.82) is 0 Å². The topological polar surface area (TPSA) is 45.2 Å². The summed E-state index contributed by atoms with van der Waals surface area (Å²) in [5.41, 5.74) is 0. The molecule has 1 aromatic heterocycles. The van der Waals surface area contributed by atoms with Gasteiger partial charge in [-0.05, 0) is 25.2 Å². The number of hydrogen-bond acceptors (Lipinski definition) is 4. The van der Waals surface area contributed by atoms with Crippen LogP contribution in [-0.2, 0) is 4.79 Å². The van der Waals surface area contributed by atoms with E-state index in [-0.39, 0.29) is 5.91 Å². The summed E-state index contributed by atoms with van der Waals surface area (Å²) in [5.74, 6) is 0.884. The van der Waals surface area contributed by atoms with E-state index in [9.17, 15) is 4.79 Å². The molecule has 2 heterocycles. The van der Waals surface area contributed by atoms with Gasteiger partial charge in [0.2, 0.25) is 5.91 Å². The Balaban J connectivity index is 1.45. The lowest BCUT2D eigenvalue weighted by molar-refractivity contribution is -0.122. The summed E-state index contributed by atoms with van der Waals surface area (Å²) in [7, 11) is 0. The normalized spacial score (nSPS) is 24.0. The molecule has 2 aliphatic rings. The van der Waals surface area contributed by atoms with Crippen molar-refractivity contribution >= 4 is 22.4 Å². The van der Waals surface area contributed by atoms with Crippen LogP contribution in [-0.4, -0.2) is 30.0 Å². The van der Waals surface area contributed by atoms with Gasteiger partial charge in [-0.25, -0.2) is 4.98 Å². The summed E-state index contributed by atoms with van der Waals surface area (Å²) in [6, 6.07) is 0.304. The summed E-state index contributed by atoms with van der Waals surface area (Å²) in [4.78, 5) is 18.6. The number of aromatic nitrogens is 1. The maximum atomic E-state index is 12.0. The molecule has 1 aliphatic carbocycles. The summed E-state index contributed by atoms with van der Waals surface area (Å²) in [6.45, 7) is 1.91. The number of anilines is 1. The molecule has 5 heteroatoms. The predicted octanol–water partition coefficient (Wildman–Crippen LogP) is 2.42. The second-order valence-electron chi connectivity index (χ2n) is 5.67. The van der Waals surface area contributed by atoms with Crippen LogP contribution in [0.1, 0.15) is 38.5 Å². The second-order valence-corrected chi connectivity index (χ2v) is 6.54. The zero-order valence-electron chi connectivity index (χ0n) is 11.2. The van der Waals surface area contributed by atoms with Crippen molar-refractivity contribution in [2.24, 2.45) is 5.92 Å². The molecule has 3 rings (SSSR count). The first-order chi connectivity index (χ1) is 9.31. The first kappa shape index (κ1) is 12.9. The molecule has 1 N–H and O–H groups in total. The van der Waals surface area contributed by atoms with Crippen molar-refractivity contribution in [2.45, 2.75) is 44.6 Å². The molecular weight excluding hydrogens is 258 g/mol. The second kappa shape index (κ2) is 5.90. The number of carbonyl (C=O) groups excluding carboxylic acids is 1. The van der Waals surface area contributed by atoms with E-state index in [1.54, 1.807) is 11.3 Å². The van der Waals surface area contributed by atoms with E-state index >= 15 is 0 Å². The van der Waals surface area contributed by atoms with Gasteiger partial charge < -0.3 is 10.2 Å². The molecular formula is C14H21N3OS. The summed E-state index contributed by atoms with van der Waals surface area (Å²) < 4.78 is 0. The fraction of sp³-hybridized carbons (Fsp3) is 0.714. The van der Waals surface area contributed by atoms with Gasteiger partial charge in [0, 0.05) is 37.1 Å². The highest BCUT2D eigenvalue weighted by Gasteiger charge is 2.26. The monoisotopic (exact) mass is 279 g/mol. The molecule has 0 bridgehead atoms. The molecule has 19 heavy (non-hydrogen) atoms. The van der Waals surface area contributed by atoms with Crippen LogP contribution < -0.4 is 10.2 Å². The van der Waals surface area contributed by atoms with E-state index < -0.39 is 0 Å². The maximum Gasteiger partial charge on any atom is 0.220 e. The fourth-order valence-electron chi connectivity index (χ4n) is 3.19. The van der Waals surface area contributed by atoms with Crippen LogP contribution in [0, 0.1) is 5.92 Å². The lowest BCUT2D eigenvalue weighted by Crippen LogP contribution is -2.37. The van der Waals surface area contributed by atoms with Crippen LogP contribution in [0.25, 0.3) is 0 Å². The van der Waals surface area contributed by atoms with Crippen LogP contribution in [0.3, 0.4) is 0 Å². The molecule has 0 spiro atoms. The van der Waals surface area contributed by atoms with Crippen LogP contribution >= 0.6 is 11.3 Å². The number of rotatable bonds is 4. The average molecular weight is 279 g/mol. The van der Waals surface area contributed by atoms with E-state index in [1.165, 1.54) is 25.7 Å². The van der Waals surface area contributed by atoms with Gasteiger partial charge in [0.05, 0.1) is 0 Å². The highest BCUT2D eigenvalue weighted by Crippen LogP contribution is 2.27. The summed E-state index contributed by atoms with van der Waals surface area (Å²) in [5, 5.41) is 6.27. The number of hydrogen-bond donors (Lipinski definition) is 1. The number of nitrogens with zero attached hydrogens (tertiary/aromatic N) is 2. The van der Waals surface area contributed by atoms with Crippen molar-refractivity contribution < 1.29 is 4.79 Å². The fourth-order valence-corrected chi connectivity index (χ4v) is 3.87. The van der Waals surface area contributed by atoms with E-state index in [2.05, 4.69) is 15.2 Å². The quantitative estimate of drug-likeness (QED) is 0.920. The minimum atomic E-state index is 0.248. The minimum absolute atomic E-state index is 0.248. The third-order valence-corrected chi connectivity index (χ3v) is 5.02. The van der Waals surface area contributed by atoms with Gasteiger partial charge in [-0.15, -0.1) is 11.3 Å². The third-order valence-electron chi connectivity index (χ3n) is 4.19. The van der Waals surface area contributed by atoms with Crippen LogP contribution in [0.15, 0.2) is 11.6 Å². The molecule has 1 atom stereocenters. The third kappa shape index (κ3) is 3.26. The van der Waals surface area contributed by atoms with Crippen molar-refractivity contribution in [3.05, 3.63) is 11.6 Å². The van der Waals surface area contributed by atoms with E-state index in [0.717, 1.165) is 31.1 Å². The largest absolute Gasteiger partial charge is 0.352 e. The van der Waals surface area contributed by atoms with Gasteiger partial charge in [-0.2, -0.15) is 0 Å². The molecule has 0 aromatic carbocycles. The van der Waals surface area contributed by atoms with Crippen LogP contribution in [0.4, 0.5) is 5.13 Å². The Morgan fingerprint density at radius 3 is 3.00 bits per heavy atom. The van der Waals surface area contributed by atoms with Crippen molar-refractivity contribution in [3.63, 3.8) is 0 Å². The first-order valence-electron chi connectivity index (χ1n) is 7.25. The Morgan fingerprint density at radius 2 is 2.26 bits per heavy atom. The first-order valence-corrected chi connectivity index (χ1v) is 8.13. The number of amides is 1. The lowest BCUT2D eigenvalue weighted by atomic mass is 10.0. The van der Waals surface area contributed by atoms with Gasteiger partial charge >= 0.3 is 0 Å². The molecule has 1 aliphatic heterocycles. The lowest BCUT2D eigenvalue weighted by Gasteiger charge is -2.16. The van der Waals surface area contributed by atoms with Crippen LogP contribution in [0.5, 0.6) is 0 Å². The molecule has 2 fully saturated rings. The number of thiazole rings is 1. The predicted molar refractivity (Wildman–Crippen MR) is 77.4 cm³/mol. The molecule has 4 nitrogen and oxygen atoms in total. The molecule has 0 unspecified atom stereocenters. The Morgan fingerprint density at radius 1 is 1.42 bits per heavy atom.